The van der Waals surface area contributed by atoms with E-state index in [-0.39, 0.29) is 7.25 Å². The van der Waals surface area contributed by atoms with E-state index in [9.17, 15) is 17.0 Å². The molecule has 0 aromatic heterocycles. The maximum atomic E-state index is 9.70. The fourth-order valence-electron chi connectivity index (χ4n) is 13.0. The molecular formula is C64H83Cl2Si5Zr. The Morgan fingerprint density at radius 1 is 0.472 bits per heavy atom. The Bertz CT molecular complexity index is 2980. The average Bonchev–Trinajstić information content (AvgIpc) is 4.01. The molecule has 0 fully saturated rings. The Hall–Kier alpha value is -2.65. The topological polar surface area (TPSA) is 0 Å². The molecule has 2 atom stereocenters. The van der Waals surface area contributed by atoms with Gasteiger partial charge in [-0.05, 0) is 0 Å². The first-order valence-corrected chi connectivity index (χ1v) is 53.4. The van der Waals surface area contributed by atoms with Crippen LogP contribution in [-0.2, 0) is 29.2 Å². The zero-order chi connectivity index (χ0) is 52.1. The molecule has 0 bridgehead atoms. The quantitative estimate of drug-likeness (QED) is 0.0898. The van der Waals surface area contributed by atoms with Gasteiger partial charge in [0.25, 0.3) is 0 Å². The van der Waals surface area contributed by atoms with Crippen LogP contribution in [0.2, 0.25) is 78.6 Å². The fraction of sp³-hybridized carbons (Fsp3) is 0.375. The third kappa shape index (κ3) is 9.32. The van der Waals surface area contributed by atoms with E-state index in [1.165, 1.54) is 91.6 Å². The van der Waals surface area contributed by atoms with Gasteiger partial charge in [-0.1, -0.05) is 0 Å². The van der Waals surface area contributed by atoms with Gasteiger partial charge < -0.3 is 0 Å². The van der Waals surface area contributed by atoms with Crippen molar-refractivity contribution in [2.45, 2.75) is 152 Å². The fourth-order valence-corrected chi connectivity index (χ4v) is 46.0. The van der Waals surface area contributed by atoms with Gasteiger partial charge >= 0.3 is 455 Å². The average molecular weight is 1150 g/mol. The first kappa shape index (κ1) is 54.1. The molecule has 0 amide bonds. The molecule has 8 heteroatoms. The number of rotatable bonds is 15. The summed E-state index contributed by atoms with van der Waals surface area (Å²) in [5, 5.41) is 9.24. The zero-order valence-corrected chi connectivity index (χ0v) is 56.2. The predicted molar refractivity (Wildman–Crippen MR) is 337 cm³/mol. The predicted octanol–water partition coefficient (Wildman–Crippen LogP) is 14.9. The monoisotopic (exact) mass is 1150 g/mol. The second-order valence-corrected chi connectivity index (χ2v) is 68.9. The number of allylic oxidation sites excluding steroid dienone is 2. The van der Waals surface area contributed by atoms with Crippen molar-refractivity contribution in [3.63, 3.8) is 0 Å². The minimum absolute atomic E-state index is 0.0885. The molecule has 0 spiro atoms. The molecule has 2 aliphatic carbocycles. The first-order chi connectivity index (χ1) is 33.7. The minimum atomic E-state index is -5.78. The van der Waals surface area contributed by atoms with Crippen LogP contribution in [0.15, 0.2) is 114 Å². The third-order valence-electron chi connectivity index (χ3n) is 16.9. The molecule has 377 valence electrons. The molecule has 0 saturated carbocycles. The number of halogens is 2. The molecule has 6 aromatic rings. The van der Waals surface area contributed by atoms with E-state index in [0.717, 1.165) is 38.5 Å². The van der Waals surface area contributed by atoms with Gasteiger partial charge in [-0.3, -0.25) is 0 Å². The van der Waals surface area contributed by atoms with Crippen LogP contribution in [0, 0.1) is 0 Å². The summed E-state index contributed by atoms with van der Waals surface area (Å²) < 4.78 is 1.16. The third-order valence-corrected chi connectivity index (χ3v) is 47.8. The van der Waals surface area contributed by atoms with Crippen molar-refractivity contribution < 1.29 is 16.4 Å². The van der Waals surface area contributed by atoms with E-state index in [0.29, 0.717) is 0 Å². The molecule has 0 N–H and O–H groups in total. The second kappa shape index (κ2) is 19.4. The van der Waals surface area contributed by atoms with Crippen LogP contribution >= 0.6 is 17.0 Å². The SMILES string of the molecule is CCCC1=Cc2c(ccc(CC)c2-c2cc([Si](C)(C)C)cc([Si](C)(C)C)c2)[CH]1[Zr]([Cl])([Cl])([c]1cccc2c1[SiH2]c1ccccc1-2)[CH]1C(CCC)=Cc2c1ccc(CC)c2-c1cc([Si](C)(C)C)cc([Si](C)(C)C)c1. The molecule has 6 aromatic carbocycles. The van der Waals surface area contributed by atoms with Crippen molar-refractivity contribution in [3.05, 3.63) is 148 Å². The molecule has 72 heavy (non-hydrogen) atoms. The van der Waals surface area contributed by atoms with E-state index >= 15 is 0 Å². The molecule has 2 unspecified atom stereocenters. The Morgan fingerprint density at radius 2 is 0.875 bits per heavy atom. The van der Waals surface area contributed by atoms with Gasteiger partial charge in [0.1, 0.15) is 0 Å². The molecule has 3 aliphatic rings. The molecule has 1 aliphatic heterocycles. The Kier molecular flexibility index (Phi) is 14.6. The van der Waals surface area contributed by atoms with E-state index in [1.807, 2.05) is 0 Å². The van der Waals surface area contributed by atoms with Gasteiger partial charge in [-0.2, -0.15) is 0 Å². The summed E-state index contributed by atoms with van der Waals surface area (Å²) in [6.45, 7) is 39.6. The van der Waals surface area contributed by atoms with Gasteiger partial charge in [-0.25, -0.2) is 0 Å². The van der Waals surface area contributed by atoms with Gasteiger partial charge in [0.2, 0.25) is 0 Å². The van der Waals surface area contributed by atoms with Crippen LogP contribution in [0.25, 0.3) is 45.5 Å². The number of hydrogen-bond donors (Lipinski definition) is 0. The van der Waals surface area contributed by atoms with E-state index in [4.69, 9.17) is 0 Å². The van der Waals surface area contributed by atoms with Crippen LogP contribution < -0.4 is 34.4 Å². The van der Waals surface area contributed by atoms with Crippen LogP contribution in [-0.4, -0.2) is 41.8 Å². The molecule has 9 rings (SSSR count). The van der Waals surface area contributed by atoms with E-state index in [2.05, 4.69) is 222 Å². The zero-order valence-electron chi connectivity index (χ0n) is 46.8. The van der Waals surface area contributed by atoms with Crippen LogP contribution in [0.5, 0.6) is 0 Å². The van der Waals surface area contributed by atoms with Crippen molar-refractivity contribution in [1.29, 1.82) is 0 Å². The van der Waals surface area contributed by atoms with Gasteiger partial charge in [0.15, 0.2) is 0 Å². The van der Waals surface area contributed by atoms with Crippen LogP contribution in [0.4, 0.5) is 0 Å². The molecule has 0 nitrogen and oxygen atoms in total. The number of benzene rings is 6. The van der Waals surface area contributed by atoms with Gasteiger partial charge in [0, 0.05) is 0 Å². The molecular weight excluding hydrogens is 1070 g/mol. The van der Waals surface area contributed by atoms with Crippen molar-refractivity contribution in [2.24, 2.45) is 0 Å². The van der Waals surface area contributed by atoms with Crippen molar-refractivity contribution >= 4 is 105 Å². The standard InChI is InChI=1S/2C26H37Si2.C12H9Si.2ClH.Zr/c2*1-9-11-19-14-21-13-12-20(10-2)26(25(21)15-19)22-16-23(27(3,4)5)18-24(17-22)28(6,7)8;1-3-7-11-9(5-1)10-6-2-4-8-12(10)13-11;;;/h2*12-18H,9-11H2,1-8H3;1-7H,13H2;2*1H;/q;;;;;+2/p-2. The van der Waals surface area contributed by atoms with E-state index < -0.39 is 58.2 Å². The van der Waals surface area contributed by atoms with Gasteiger partial charge in [-0.15, -0.1) is 0 Å². The summed E-state index contributed by atoms with van der Waals surface area (Å²) in [6.07, 6.45) is 11.3. The molecule has 1 heterocycles. The number of fused-ring (bicyclic) bond motifs is 5. The van der Waals surface area contributed by atoms with Crippen LogP contribution in [0.3, 0.4) is 0 Å². The van der Waals surface area contributed by atoms with Crippen molar-refractivity contribution in [2.75, 3.05) is 0 Å². The number of hydrogen-bond acceptors (Lipinski definition) is 0. The molecule has 0 radical (unpaired) electrons. The molecule has 0 saturated heterocycles. The first-order valence-electron chi connectivity index (χ1n) is 27.6. The summed E-state index contributed by atoms with van der Waals surface area (Å²) in [6, 6.07) is 42.0. The Labute approximate surface area is 450 Å². The Morgan fingerprint density at radius 3 is 1.26 bits per heavy atom. The van der Waals surface area contributed by atoms with Gasteiger partial charge in [0.05, 0.1) is 0 Å². The van der Waals surface area contributed by atoms with E-state index in [1.54, 1.807) is 20.7 Å². The summed E-state index contributed by atoms with van der Waals surface area (Å²) in [4.78, 5) is 0. The van der Waals surface area contributed by atoms with Crippen molar-refractivity contribution in [1.82, 2.24) is 0 Å². The second-order valence-electron chi connectivity index (χ2n) is 26.1. The summed E-state index contributed by atoms with van der Waals surface area (Å²) >= 11 is -5.78. The van der Waals surface area contributed by atoms with Crippen molar-refractivity contribution in [3.8, 4) is 33.4 Å². The maximum absolute atomic E-state index is 9.70. The number of aryl methyl sites for hydroxylation is 2. The van der Waals surface area contributed by atoms with Crippen LogP contribution in [0.1, 0.15) is 94.0 Å². The normalized spacial score (nSPS) is 17.6. The summed E-state index contributed by atoms with van der Waals surface area (Å²) in [5.74, 6) is 0. The summed E-state index contributed by atoms with van der Waals surface area (Å²) in [5.41, 5.74) is 19.7. The summed E-state index contributed by atoms with van der Waals surface area (Å²) in [7, 11) is 11.8. The Balaban J connectivity index is 1.40.